The summed E-state index contributed by atoms with van der Waals surface area (Å²) in [5.41, 5.74) is 11.5. The maximum absolute atomic E-state index is 15.2. The largest absolute Gasteiger partial charge is 3.00 e. The molecule has 10 heterocycles. The first-order chi connectivity index (χ1) is 59.6. The molecule has 3 N–H and O–H groups in total. The van der Waals surface area contributed by atoms with Crippen LogP contribution in [0.4, 0.5) is 0 Å². The van der Waals surface area contributed by atoms with Crippen molar-refractivity contribution >= 4 is 135 Å². The molecule has 10 rings (SSSR count). The Morgan fingerprint density at radius 2 is 1.02 bits per heavy atom. The zero-order valence-electron chi connectivity index (χ0n) is 77.5. The van der Waals surface area contributed by atoms with E-state index in [4.69, 9.17) is 96.6 Å². The summed E-state index contributed by atoms with van der Waals surface area (Å²) in [4.78, 5) is 160. The number of amides is 1. The average Bonchev–Trinajstić information content (AvgIpc) is 1.52. The number of aromatic nitrogens is 4. The number of nitrogens with one attached hydrogen (secondary N) is 3. The van der Waals surface area contributed by atoms with E-state index in [-0.39, 0.29) is 139 Å². The summed E-state index contributed by atoms with van der Waals surface area (Å²) in [6.45, 7) is 48.5. The molecule has 0 radical (unpaired) electrons. The van der Waals surface area contributed by atoms with E-state index >= 15 is 4.79 Å². The van der Waals surface area contributed by atoms with E-state index in [0.717, 1.165) is 72.7 Å². The van der Waals surface area contributed by atoms with Gasteiger partial charge in [-0.2, -0.15) is 5.70 Å². The van der Waals surface area contributed by atoms with Crippen molar-refractivity contribution in [3.63, 3.8) is 0 Å². The first kappa shape index (κ1) is 103. The number of aromatic amines is 2. The van der Waals surface area contributed by atoms with Crippen LogP contribution in [0.3, 0.4) is 0 Å². The van der Waals surface area contributed by atoms with Crippen molar-refractivity contribution in [2.24, 2.45) is 60.3 Å². The Bertz CT molecular complexity index is 5270. The van der Waals surface area contributed by atoms with Gasteiger partial charge in [0.2, 0.25) is 5.91 Å². The molecule has 0 aromatic carbocycles. The fourth-order valence-corrected chi connectivity index (χ4v) is 19.9. The van der Waals surface area contributed by atoms with Crippen LogP contribution in [0, 0.1) is 82.8 Å². The van der Waals surface area contributed by atoms with Gasteiger partial charge in [0, 0.05) is 156 Å². The topological polar surface area (TPSA) is 405 Å². The summed E-state index contributed by atoms with van der Waals surface area (Å²) < 4.78 is 49.7. The fraction of sp³-hybridized carbons (Fsp3) is 0.542. The minimum Gasteiger partial charge on any atom is -0.682 e. The van der Waals surface area contributed by atoms with Crippen LogP contribution in [0.1, 0.15) is 211 Å². The van der Waals surface area contributed by atoms with E-state index < -0.39 is 113 Å². The van der Waals surface area contributed by atoms with Crippen LogP contribution < -0.4 is 5.32 Å². The van der Waals surface area contributed by atoms with Gasteiger partial charge in [-0.05, 0) is 179 Å². The molecule has 1 unspecified atom stereocenters. The third kappa shape index (κ3) is 22.2. The molecule has 0 spiro atoms. The van der Waals surface area contributed by atoms with Crippen LogP contribution in [0.15, 0.2) is 86.7 Å². The molecule has 9 atom stereocenters. The van der Waals surface area contributed by atoms with Crippen molar-refractivity contribution in [2.75, 3.05) is 75.6 Å². The van der Waals surface area contributed by atoms with Crippen molar-refractivity contribution in [1.82, 2.24) is 25.3 Å². The number of hydrogen-bond acceptors (Lipinski definition) is 25. The molecule has 1 saturated heterocycles. The van der Waals surface area contributed by atoms with Crippen LogP contribution in [0.2, 0.25) is 25.7 Å². The Hall–Kier alpha value is -11.0. The summed E-state index contributed by atoms with van der Waals surface area (Å²) in [5, 5.41) is 21.3. The van der Waals surface area contributed by atoms with Crippen LogP contribution in [0.5, 0.6) is 0 Å². The van der Waals surface area contributed by atoms with Crippen molar-refractivity contribution in [3.05, 3.63) is 135 Å². The number of fused-ring (bicyclic) bond motifs is 14. The predicted molar refractivity (Wildman–Crippen MR) is 484 cm³/mol. The van der Waals surface area contributed by atoms with Crippen molar-refractivity contribution < 1.29 is 103 Å². The van der Waals surface area contributed by atoms with Gasteiger partial charge < -0.3 is 86.9 Å². The third-order valence-electron chi connectivity index (χ3n) is 26.9. The zero-order valence-corrected chi connectivity index (χ0v) is 79.5. The number of aryl methyl sites for hydroxylation is 2. The van der Waals surface area contributed by atoms with Gasteiger partial charge in [-0.1, -0.05) is 85.6 Å². The Labute approximate surface area is 757 Å². The van der Waals surface area contributed by atoms with Crippen LogP contribution in [-0.4, -0.2) is 186 Å². The average molecular weight is 1810 g/mol. The summed E-state index contributed by atoms with van der Waals surface area (Å²) >= 11 is 0. The number of rotatable bonds is 35. The monoisotopic (exact) mass is 1810 g/mol. The molecule has 29 nitrogen and oxygen atoms in total. The van der Waals surface area contributed by atoms with Crippen molar-refractivity contribution in [3.8, 4) is 0 Å². The molecule has 7 aliphatic rings. The molecule has 1 amide bonds. The second-order valence-electron chi connectivity index (χ2n) is 35.8. The van der Waals surface area contributed by atoms with Gasteiger partial charge in [-0.25, -0.2) is 9.97 Å². The number of ether oxygens (including phenoxy) is 9. The molecular formula is C96H124CoN11O18Si. The van der Waals surface area contributed by atoms with Gasteiger partial charge in [0.15, 0.2) is 0 Å². The van der Waals surface area contributed by atoms with Crippen LogP contribution in [-0.2, 0) is 103 Å². The maximum Gasteiger partial charge on any atom is 3.00 e. The Kier molecular flexibility index (Phi) is 35.4. The molecule has 3 aromatic rings. The van der Waals surface area contributed by atoms with E-state index in [1.165, 1.54) is 42.7 Å². The summed E-state index contributed by atoms with van der Waals surface area (Å²) in [6, 6.07) is 7.92. The van der Waals surface area contributed by atoms with Crippen LogP contribution >= 0.6 is 0 Å². The van der Waals surface area contributed by atoms with E-state index in [2.05, 4.69) is 61.1 Å². The van der Waals surface area contributed by atoms with Gasteiger partial charge in [0.25, 0.3) is 0 Å². The number of hydrogen-bond donors (Lipinski definition) is 3. The summed E-state index contributed by atoms with van der Waals surface area (Å²) in [7, 11) is 6.37. The van der Waals surface area contributed by atoms with E-state index in [1.54, 1.807) is 0 Å². The molecular weight excluding hydrogens is 1680 g/mol. The van der Waals surface area contributed by atoms with Gasteiger partial charge >= 0.3 is 64.5 Å². The molecule has 1 fully saturated rings. The molecule has 127 heavy (non-hydrogen) atoms. The number of carbonyl (C=O) groups excluding carboxylic acids is 9. The molecule has 0 aliphatic carbocycles. The first-order valence-electron chi connectivity index (χ1n) is 42.7. The quantitative estimate of drug-likeness (QED) is 0.0162. The Morgan fingerprint density at radius 3 is 1.54 bits per heavy atom. The maximum atomic E-state index is 15.2. The van der Waals surface area contributed by atoms with E-state index in [9.17, 15) is 38.4 Å². The number of H-pyrrole nitrogens is 2. The van der Waals surface area contributed by atoms with Gasteiger partial charge in [-0.15, -0.1) is 0 Å². The molecule has 3 aromatic heterocycles. The smallest absolute Gasteiger partial charge is 0.682 e. The van der Waals surface area contributed by atoms with E-state index in [0.29, 0.717) is 81.2 Å². The number of allylic oxidation sites excluding steroid dienone is 10. The predicted octanol–water partition coefficient (Wildman–Crippen LogP) is 16.5. The third-order valence-corrected chi connectivity index (χ3v) is 28.6. The van der Waals surface area contributed by atoms with Crippen LogP contribution in [0.25, 0.3) is 61.8 Å². The molecule has 16 bridgehead atoms. The second kappa shape index (κ2) is 43.7. The van der Waals surface area contributed by atoms with Gasteiger partial charge in [-0.3, -0.25) is 58.1 Å². The van der Waals surface area contributed by atoms with Gasteiger partial charge in [0.05, 0.1) is 103 Å². The van der Waals surface area contributed by atoms with Crippen molar-refractivity contribution in [2.45, 2.75) is 217 Å². The van der Waals surface area contributed by atoms with Crippen molar-refractivity contribution in [1.29, 1.82) is 10.5 Å². The molecule has 684 valence electrons. The standard InChI is InChI=1S/C94H125N9O18Si.2CN.Co/c1-24-58-52(3)66-45-67-54(5)60(72(98-67)48-73-61(27-32-82(110)121-42-43-122(21,22)23)55(6)69(99-73)47-71-59(25-2)53(4)68(97-71)46-70(58)96-66)26-31-81(109)120-41-40-119-39-38-95-76(104)50-92(12)62(28-33-77(105)113-15)74-49-75-90(9,10)63(29-34-78(106)114-16)85(101-75)56(7)87-91(11,37-36-80(108)116-18)65(44-83(111)117-19)89(102-87)94(14)93(13,51-84(112)118-20)64(30-35-79(107)115-17)86(103-94)57(8)88(92)100-74;2*1-2;/h24-25,45-49,62-65,89H,1-2,26-44,50-51H2,3-23H3,(H4,95,96,97,98,99,100,101,102,103,104);;;/q;2*-1;+3/p-1/t62-,63-,64-,65+,89?,91-,92+,93+,94+;;;/m1.../s1. The molecule has 0 saturated carbocycles. The number of carbonyl (C=O) groups is 9. The Balaban J connectivity index is 0.00000436. The minimum atomic E-state index is -1.48. The summed E-state index contributed by atoms with van der Waals surface area (Å²) in [5.74, 6) is -7.03. The first-order valence-corrected chi connectivity index (χ1v) is 46.4. The normalized spacial score (nSPS) is 24.0. The minimum absolute atomic E-state index is 0. The van der Waals surface area contributed by atoms with Gasteiger partial charge in [0.1, 0.15) is 6.61 Å². The zero-order chi connectivity index (χ0) is 93.5. The number of nitrogens with zero attached hydrogens (tertiary/aromatic N) is 8. The fourth-order valence-electron chi connectivity index (χ4n) is 19.2. The Morgan fingerprint density at radius 1 is 0.535 bits per heavy atom. The molecule has 7 aliphatic heterocycles. The summed E-state index contributed by atoms with van der Waals surface area (Å²) in [6.07, 6.45) is 6.03. The SMILES string of the molecule is C=Cc1c(C)c2cc3[nH]c(cc4nc(cc5nc(cc1[nH]2)C(C)=C5CCC(=O)OCC[Si](C)(C)C)C(CCC(=O)OCCOCCNC(=O)C[C@]1(C)/C2=C(\C)C5=N[C@@](C)(C6[N-]/C(=C(/C)C7=N/C(=C\C(=N2)[C@H]1CCC(=O)OC)C(C)(C)[C@@H]7CCC(=O)OC)[C@](C)(CCC(=O)OC)[C@H]6CC(=O)OC)[C@@](C)(CC(=O)OC)[C@@H]5CCC(=O)OC)=C4C)c(C)c3C=C.[C-]#N.[C-]#N.[Co+3]. The molecule has 31 heteroatoms. The number of esters is 8. The van der Waals surface area contributed by atoms with E-state index in [1.807, 2.05) is 113 Å². The number of aliphatic imine (C=N–C) groups is 3. The number of methoxy groups -OCH3 is 6. The second-order valence-corrected chi connectivity index (χ2v) is 41.4.